The van der Waals surface area contributed by atoms with Crippen molar-refractivity contribution >= 4 is 20.8 Å². The summed E-state index contributed by atoms with van der Waals surface area (Å²) in [7, 11) is -3.89. The van der Waals surface area contributed by atoms with Crippen molar-refractivity contribution in [2.45, 2.75) is 4.90 Å². The van der Waals surface area contributed by atoms with Crippen LogP contribution in [0.5, 0.6) is 0 Å². The van der Waals surface area contributed by atoms with Crippen molar-refractivity contribution in [3.05, 3.63) is 52.9 Å². The Balaban J connectivity index is 2.69. The fourth-order valence-corrected chi connectivity index (χ4v) is 2.13. The normalized spacial score (nSPS) is 11.0. The van der Waals surface area contributed by atoms with Crippen LogP contribution in [0, 0.1) is 0 Å². The molecule has 5 nitrogen and oxygen atoms in total. The summed E-state index contributed by atoms with van der Waals surface area (Å²) in [6.07, 6.45) is 0. The third-order valence-electron chi connectivity index (χ3n) is 2.16. The molecule has 0 radical (unpaired) electrons. The topological polar surface area (TPSA) is 82.9 Å². The lowest BCUT2D eigenvalue weighted by atomic mass is 10.1. The van der Waals surface area contributed by atoms with Crippen LogP contribution in [0.2, 0.25) is 0 Å². The molecule has 0 aliphatic carbocycles. The van der Waals surface area contributed by atoms with Gasteiger partial charge in [-0.1, -0.05) is 30.3 Å². The van der Waals surface area contributed by atoms with E-state index in [0.29, 0.717) is 0 Å². The van der Waals surface area contributed by atoms with Crippen LogP contribution in [0.25, 0.3) is 21.2 Å². The first kappa shape index (κ1) is 10.5. The van der Waals surface area contributed by atoms with E-state index in [0.717, 1.165) is 10.8 Å². The number of benzene rings is 2. The Bertz CT molecular complexity index is 688. The van der Waals surface area contributed by atoms with Crippen LogP contribution in [-0.2, 0) is 10.0 Å². The number of sulfonamides is 1. The molecule has 16 heavy (non-hydrogen) atoms. The van der Waals surface area contributed by atoms with Crippen LogP contribution < -0.4 is 0 Å². The van der Waals surface area contributed by atoms with Gasteiger partial charge in [0.1, 0.15) is 0 Å². The predicted molar refractivity (Wildman–Crippen MR) is 60.3 cm³/mol. The number of azide groups is 1. The maximum Gasteiger partial charge on any atom is 0.264 e. The van der Waals surface area contributed by atoms with Gasteiger partial charge in [0.2, 0.25) is 0 Å². The highest BCUT2D eigenvalue weighted by atomic mass is 32.2. The lowest BCUT2D eigenvalue weighted by Gasteiger charge is -2.00. The van der Waals surface area contributed by atoms with Gasteiger partial charge in [-0.05, 0) is 28.4 Å². The zero-order chi connectivity index (χ0) is 11.6. The molecule has 0 aliphatic rings. The van der Waals surface area contributed by atoms with Gasteiger partial charge in [-0.2, -0.15) is 0 Å². The summed E-state index contributed by atoms with van der Waals surface area (Å²) < 4.78 is 25.7. The lowest BCUT2D eigenvalue weighted by Crippen LogP contribution is -1.94. The number of nitrogens with zero attached hydrogens (tertiary/aromatic N) is 3. The Morgan fingerprint density at radius 3 is 2.44 bits per heavy atom. The molecule has 0 saturated heterocycles. The fourth-order valence-electron chi connectivity index (χ4n) is 1.42. The van der Waals surface area contributed by atoms with Crippen molar-refractivity contribution in [2.75, 3.05) is 0 Å². The number of hydrogen-bond acceptors (Lipinski definition) is 2. The molecule has 2 rings (SSSR count). The molecule has 0 unspecified atom stereocenters. The molecule has 80 valence electrons. The summed E-state index contributed by atoms with van der Waals surface area (Å²) >= 11 is 0. The molecule has 6 heteroatoms. The Morgan fingerprint density at radius 1 is 1.06 bits per heavy atom. The zero-order valence-corrected chi connectivity index (χ0v) is 8.92. The second-order valence-electron chi connectivity index (χ2n) is 3.16. The summed E-state index contributed by atoms with van der Waals surface area (Å²) in [6, 6.07) is 11.9. The smallest absolute Gasteiger partial charge is 0.216 e. The van der Waals surface area contributed by atoms with E-state index in [1.54, 1.807) is 12.1 Å². The van der Waals surface area contributed by atoms with Gasteiger partial charge in [0.15, 0.2) is 0 Å². The Morgan fingerprint density at radius 2 is 1.75 bits per heavy atom. The lowest BCUT2D eigenvalue weighted by molar-refractivity contribution is 0.597. The minimum Gasteiger partial charge on any atom is -0.216 e. The minimum atomic E-state index is -3.89. The fraction of sp³-hybridized carbons (Fsp3) is 0. The first-order valence-corrected chi connectivity index (χ1v) is 5.88. The summed E-state index contributed by atoms with van der Waals surface area (Å²) in [5, 5.41) is 1.72. The van der Waals surface area contributed by atoms with E-state index in [-0.39, 0.29) is 4.90 Å². The molecule has 0 aliphatic heterocycles. The molecular weight excluding hydrogens is 226 g/mol. The van der Waals surface area contributed by atoms with E-state index in [1.807, 2.05) is 18.2 Å². The highest BCUT2D eigenvalue weighted by Crippen LogP contribution is 2.20. The van der Waals surface area contributed by atoms with Crippen LogP contribution in [-0.4, -0.2) is 8.42 Å². The van der Waals surface area contributed by atoms with Gasteiger partial charge < -0.3 is 0 Å². The van der Waals surface area contributed by atoms with Crippen molar-refractivity contribution in [1.29, 1.82) is 0 Å². The van der Waals surface area contributed by atoms with Crippen molar-refractivity contribution in [2.24, 2.45) is 4.52 Å². The standard InChI is InChI=1S/C10H7N3O2S/c11-12-13-16(14,15)10-6-5-8-3-1-2-4-9(8)7-10/h1-7H. The first-order valence-electron chi connectivity index (χ1n) is 4.44. The maximum absolute atomic E-state index is 11.5. The molecule has 0 aromatic heterocycles. The monoisotopic (exact) mass is 233 g/mol. The second-order valence-corrected chi connectivity index (χ2v) is 4.74. The van der Waals surface area contributed by atoms with Gasteiger partial charge in [0.05, 0.1) is 4.90 Å². The molecule has 0 fully saturated rings. The molecular formula is C10H7N3O2S. The Kier molecular flexibility index (Phi) is 2.52. The largest absolute Gasteiger partial charge is 0.264 e. The van der Waals surface area contributed by atoms with E-state index in [2.05, 4.69) is 9.43 Å². The van der Waals surface area contributed by atoms with Crippen LogP contribution in [0.4, 0.5) is 0 Å². The molecule has 0 heterocycles. The molecule has 0 spiro atoms. The highest BCUT2D eigenvalue weighted by Gasteiger charge is 2.11. The van der Waals surface area contributed by atoms with E-state index in [1.165, 1.54) is 12.1 Å². The molecule has 2 aromatic carbocycles. The third-order valence-corrected chi connectivity index (χ3v) is 3.30. The van der Waals surface area contributed by atoms with E-state index < -0.39 is 10.0 Å². The van der Waals surface area contributed by atoms with Crippen LogP contribution in [0.1, 0.15) is 0 Å². The minimum absolute atomic E-state index is 0.00370. The molecule has 0 saturated carbocycles. The number of fused-ring (bicyclic) bond motifs is 1. The van der Waals surface area contributed by atoms with Gasteiger partial charge >= 0.3 is 0 Å². The zero-order valence-electron chi connectivity index (χ0n) is 8.11. The summed E-state index contributed by atoms with van der Waals surface area (Å²) in [6.45, 7) is 0. The average Bonchev–Trinajstić information content (AvgIpc) is 2.28. The predicted octanol–water partition coefficient (Wildman–Crippen LogP) is 2.84. The number of hydrogen-bond donors (Lipinski definition) is 0. The van der Waals surface area contributed by atoms with Crippen LogP contribution >= 0.6 is 0 Å². The van der Waals surface area contributed by atoms with Crippen LogP contribution in [0.15, 0.2) is 51.9 Å². The Hall–Kier alpha value is -2.04. The quantitative estimate of drug-likeness (QED) is 0.454. The molecule has 0 bridgehead atoms. The summed E-state index contributed by atoms with van der Waals surface area (Å²) in [5.41, 5.74) is 8.16. The number of rotatable bonds is 2. The van der Waals surface area contributed by atoms with Crippen LogP contribution in [0.3, 0.4) is 0 Å². The van der Waals surface area contributed by atoms with Gasteiger partial charge in [0, 0.05) is 9.43 Å². The van der Waals surface area contributed by atoms with Gasteiger partial charge in [0.25, 0.3) is 10.0 Å². The van der Waals surface area contributed by atoms with E-state index in [9.17, 15) is 8.42 Å². The molecule has 0 atom stereocenters. The second kappa shape index (κ2) is 3.84. The molecule has 0 N–H and O–H groups in total. The van der Waals surface area contributed by atoms with Crippen molar-refractivity contribution in [1.82, 2.24) is 0 Å². The van der Waals surface area contributed by atoms with E-state index >= 15 is 0 Å². The van der Waals surface area contributed by atoms with Gasteiger partial charge in [-0.25, -0.2) is 8.42 Å². The third kappa shape index (κ3) is 1.84. The van der Waals surface area contributed by atoms with Gasteiger partial charge in [-0.3, -0.25) is 0 Å². The summed E-state index contributed by atoms with van der Waals surface area (Å²) in [5.74, 6) is 0. The van der Waals surface area contributed by atoms with Gasteiger partial charge in [-0.15, -0.1) is 0 Å². The molecule has 2 aromatic rings. The highest BCUT2D eigenvalue weighted by molar-refractivity contribution is 7.90. The SMILES string of the molecule is [N-]=[N+]=NS(=O)(=O)c1ccc2ccccc2c1. The van der Waals surface area contributed by atoms with Crippen molar-refractivity contribution in [3.8, 4) is 0 Å². The van der Waals surface area contributed by atoms with E-state index in [4.69, 9.17) is 5.53 Å². The first-order chi connectivity index (χ1) is 7.63. The summed E-state index contributed by atoms with van der Waals surface area (Å²) in [4.78, 5) is 2.30. The van der Waals surface area contributed by atoms with Crippen molar-refractivity contribution in [3.63, 3.8) is 0 Å². The average molecular weight is 233 g/mol. The maximum atomic E-state index is 11.5. The Labute approximate surface area is 92.0 Å². The van der Waals surface area contributed by atoms with Crippen molar-refractivity contribution < 1.29 is 8.42 Å². The molecule has 0 amide bonds.